The lowest BCUT2D eigenvalue weighted by atomic mass is 10.1. The summed E-state index contributed by atoms with van der Waals surface area (Å²) in [5.41, 5.74) is 6.67. The number of nitrogens with zero attached hydrogens (tertiary/aromatic N) is 2. The Kier molecular flexibility index (Phi) is 4.86. The van der Waals surface area contributed by atoms with Crippen molar-refractivity contribution in [1.29, 1.82) is 10.5 Å². The van der Waals surface area contributed by atoms with Crippen molar-refractivity contribution in [2.24, 2.45) is 5.73 Å². The molecule has 5 heteroatoms. The Hall–Kier alpha value is -2.37. The van der Waals surface area contributed by atoms with Crippen LogP contribution in [-0.4, -0.2) is 11.9 Å². The molecule has 0 bridgehead atoms. The lowest BCUT2D eigenvalue weighted by Gasteiger charge is -2.11. The van der Waals surface area contributed by atoms with Gasteiger partial charge in [-0.2, -0.15) is 10.5 Å². The molecule has 0 saturated heterocycles. The zero-order chi connectivity index (χ0) is 13.5. The number of anilines is 1. The Morgan fingerprint density at radius 1 is 1.39 bits per heavy atom. The summed E-state index contributed by atoms with van der Waals surface area (Å²) < 4.78 is 0. The lowest BCUT2D eigenvalue weighted by molar-refractivity contribution is -0.117. The number of nitriles is 2. The van der Waals surface area contributed by atoms with E-state index in [0.717, 1.165) is 6.42 Å². The van der Waals surface area contributed by atoms with Crippen molar-refractivity contribution in [3.63, 3.8) is 0 Å². The number of hydrogen-bond donors (Lipinski definition) is 2. The van der Waals surface area contributed by atoms with Crippen LogP contribution in [0.5, 0.6) is 0 Å². The van der Waals surface area contributed by atoms with Crippen LogP contribution in [0.3, 0.4) is 0 Å². The topological polar surface area (TPSA) is 103 Å². The van der Waals surface area contributed by atoms with E-state index in [-0.39, 0.29) is 17.0 Å². The maximum absolute atomic E-state index is 11.7. The monoisotopic (exact) mass is 242 g/mol. The molecule has 0 aliphatic carbocycles. The first-order valence-corrected chi connectivity index (χ1v) is 5.63. The predicted molar refractivity (Wildman–Crippen MR) is 67.4 cm³/mol. The fraction of sp³-hybridized carbons (Fsp3) is 0.308. The summed E-state index contributed by atoms with van der Waals surface area (Å²) in [7, 11) is 0. The van der Waals surface area contributed by atoms with Crippen LogP contribution in [0.4, 0.5) is 5.69 Å². The average molecular weight is 242 g/mol. The number of nitrogens with two attached hydrogens (primary N) is 1. The second-order valence-electron chi connectivity index (χ2n) is 3.87. The number of carbonyl (C=O) groups is 1. The van der Waals surface area contributed by atoms with E-state index < -0.39 is 6.04 Å². The van der Waals surface area contributed by atoms with E-state index in [1.54, 1.807) is 6.07 Å². The summed E-state index contributed by atoms with van der Waals surface area (Å²) in [6, 6.07) is 7.81. The lowest BCUT2D eigenvalue weighted by Crippen LogP contribution is -2.35. The molecule has 0 saturated carbocycles. The molecule has 1 amide bonds. The maximum atomic E-state index is 11.7. The van der Waals surface area contributed by atoms with Crippen molar-refractivity contribution in [2.75, 3.05) is 5.32 Å². The number of carbonyl (C=O) groups excluding carboxylic acids is 1. The summed E-state index contributed by atoms with van der Waals surface area (Å²) >= 11 is 0. The molecule has 3 N–H and O–H groups in total. The maximum Gasteiger partial charge on any atom is 0.241 e. The van der Waals surface area contributed by atoms with Crippen LogP contribution >= 0.6 is 0 Å². The molecule has 0 spiro atoms. The Morgan fingerprint density at radius 2 is 2.06 bits per heavy atom. The summed E-state index contributed by atoms with van der Waals surface area (Å²) in [6.45, 7) is 1.95. The summed E-state index contributed by atoms with van der Waals surface area (Å²) in [4.78, 5) is 11.7. The normalized spacial score (nSPS) is 11.1. The van der Waals surface area contributed by atoms with Crippen LogP contribution in [-0.2, 0) is 4.79 Å². The van der Waals surface area contributed by atoms with Crippen molar-refractivity contribution in [3.8, 4) is 12.1 Å². The third-order valence-corrected chi connectivity index (χ3v) is 2.46. The van der Waals surface area contributed by atoms with Crippen molar-refractivity contribution in [3.05, 3.63) is 29.3 Å². The van der Waals surface area contributed by atoms with Crippen molar-refractivity contribution >= 4 is 11.6 Å². The molecule has 1 unspecified atom stereocenters. The second-order valence-corrected chi connectivity index (χ2v) is 3.87. The fourth-order valence-corrected chi connectivity index (χ4v) is 1.49. The van der Waals surface area contributed by atoms with Gasteiger partial charge in [0.25, 0.3) is 0 Å². The van der Waals surface area contributed by atoms with Gasteiger partial charge in [0, 0.05) is 5.69 Å². The third-order valence-electron chi connectivity index (χ3n) is 2.46. The Bertz CT molecular complexity index is 525. The standard InChI is InChI=1S/C13H14N4O/c1-2-3-12(16)13(18)17-11-5-4-9(7-14)10(6-11)8-15/h4-6,12H,2-3,16H2,1H3,(H,17,18). The molecule has 0 heterocycles. The number of amides is 1. The van der Waals surface area contributed by atoms with Gasteiger partial charge in [-0.25, -0.2) is 0 Å². The van der Waals surface area contributed by atoms with Crippen molar-refractivity contribution in [2.45, 2.75) is 25.8 Å². The van der Waals surface area contributed by atoms with Gasteiger partial charge >= 0.3 is 0 Å². The predicted octanol–water partition coefficient (Wildman–Crippen LogP) is 1.50. The van der Waals surface area contributed by atoms with Crippen LogP contribution < -0.4 is 11.1 Å². The van der Waals surface area contributed by atoms with Gasteiger partial charge in [-0.3, -0.25) is 4.79 Å². The zero-order valence-electron chi connectivity index (χ0n) is 10.1. The first kappa shape index (κ1) is 13.7. The zero-order valence-corrected chi connectivity index (χ0v) is 10.1. The SMILES string of the molecule is CCCC(N)C(=O)Nc1ccc(C#N)c(C#N)c1. The Balaban J connectivity index is 2.84. The van der Waals surface area contributed by atoms with E-state index in [0.29, 0.717) is 12.1 Å². The van der Waals surface area contributed by atoms with E-state index in [1.807, 2.05) is 19.1 Å². The average Bonchev–Trinajstić information content (AvgIpc) is 2.38. The number of rotatable bonds is 4. The number of benzene rings is 1. The molecule has 0 aliphatic heterocycles. The highest BCUT2D eigenvalue weighted by Gasteiger charge is 2.13. The van der Waals surface area contributed by atoms with Gasteiger partial charge in [-0.15, -0.1) is 0 Å². The minimum Gasteiger partial charge on any atom is -0.325 e. The van der Waals surface area contributed by atoms with Gasteiger partial charge in [0.1, 0.15) is 12.1 Å². The van der Waals surface area contributed by atoms with Gasteiger partial charge in [-0.05, 0) is 24.6 Å². The van der Waals surface area contributed by atoms with Gasteiger partial charge in [-0.1, -0.05) is 13.3 Å². The molecule has 1 atom stereocenters. The second kappa shape index (κ2) is 6.39. The number of nitrogens with one attached hydrogen (secondary N) is 1. The van der Waals surface area contributed by atoms with Crippen LogP contribution in [0, 0.1) is 22.7 Å². The molecule has 0 aromatic heterocycles. The molecule has 92 valence electrons. The summed E-state index contributed by atoms with van der Waals surface area (Å²) in [5, 5.41) is 20.3. The van der Waals surface area contributed by atoms with E-state index in [1.165, 1.54) is 12.1 Å². The third kappa shape index (κ3) is 3.31. The quantitative estimate of drug-likeness (QED) is 0.834. The minimum atomic E-state index is -0.559. The summed E-state index contributed by atoms with van der Waals surface area (Å²) in [5.74, 6) is -0.287. The molecule has 1 rings (SSSR count). The van der Waals surface area contributed by atoms with Crippen LogP contribution in [0.1, 0.15) is 30.9 Å². The molecule has 1 aromatic rings. The molecule has 0 fully saturated rings. The van der Waals surface area contributed by atoms with E-state index in [4.69, 9.17) is 16.3 Å². The largest absolute Gasteiger partial charge is 0.325 e. The molecule has 5 nitrogen and oxygen atoms in total. The van der Waals surface area contributed by atoms with Gasteiger partial charge in [0.15, 0.2) is 0 Å². The smallest absolute Gasteiger partial charge is 0.241 e. The Labute approximate surface area is 106 Å². The molecule has 18 heavy (non-hydrogen) atoms. The summed E-state index contributed by atoms with van der Waals surface area (Å²) in [6.07, 6.45) is 1.43. The van der Waals surface area contributed by atoms with Gasteiger partial charge in [0.05, 0.1) is 17.2 Å². The van der Waals surface area contributed by atoms with Crippen LogP contribution in [0.15, 0.2) is 18.2 Å². The molecule has 1 aromatic carbocycles. The van der Waals surface area contributed by atoms with Crippen LogP contribution in [0.25, 0.3) is 0 Å². The highest BCUT2D eigenvalue weighted by Crippen LogP contribution is 2.15. The van der Waals surface area contributed by atoms with E-state index >= 15 is 0 Å². The first-order chi connectivity index (χ1) is 8.62. The highest BCUT2D eigenvalue weighted by molar-refractivity contribution is 5.94. The minimum absolute atomic E-state index is 0.236. The van der Waals surface area contributed by atoms with Crippen molar-refractivity contribution in [1.82, 2.24) is 0 Å². The molecular weight excluding hydrogens is 228 g/mol. The molecule has 0 aliphatic rings. The van der Waals surface area contributed by atoms with Crippen molar-refractivity contribution < 1.29 is 4.79 Å². The molecular formula is C13H14N4O. The Morgan fingerprint density at radius 3 is 2.61 bits per heavy atom. The van der Waals surface area contributed by atoms with Gasteiger partial charge < -0.3 is 11.1 Å². The van der Waals surface area contributed by atoms with Gasteiger partial charge in [0.2, 0.25) is 5.91 Å². The molecule has 0 radical (unpaired) electrons. The highest BCUT2D eigenvalue weighted by atomic mass is 16.2. The number of hydrogen-bond acceptors (Lipinski definition) is 4. The fourth-order valence-electron chi connectivity index (χ4n) is 1.49. The van der Waals surface area contributed by atoms with E-state index in [9.17, 15) is 4.79 Å². The van der Waals surface area contributed by atoms with E-state index in [2.05, 4.69) is 5.32 Å². The first-order valence-electron chi connectivity index (χ1n) is 5.63. The van der Waals surface area contributed by atoms with Crippen LogP contribution in [0.2, 0.25) is 0 Å².